The normalized spacial score (nSPS) is 15.1. The van der Waals surface area contributed by atoms with Crippen LogP contribution in [0.4, 0.5) is 0 Å². The molecule has 0 atom stereocenters. The molecule has 0 aliphatic carbocycles. The lowest BCUT2D eigenvalue weighted by atomic mass is 9.96. The van der Waals surface area contributed by atoms with Crippen molar-refractivity contribution in [3.05, 3.63) is 71.1 Å². The maximum atomic E-state index is 13.0. The van der Waals surface area contributed by atoms with Crippen LogP contribution in [0.25, 0.3) is 16.2 Å². The van der Waals surface area contributed by atoms with E-state index in [1.165, 1.54) is 16.9 Å². The standard InChI is InChI=1S/C24H25N5OS/c1-16(2)17-6-8-19(9-7-17)23-25-20(15-31-23)24(30)28-13-10-18(11-14-28)22-27-26-21-5-3-4-12-29(21)22/h3-9,12,15-16,18H,10-11,13-14H2,1-2H3. The molecule has 1 saturated heterocycles. The van der Waals surface area contributed by atoms with Gasteiger partial charge in [0, 0.05) is 36.1 Å². The number of likely N-dealkylation sites (tertiary alicyclic amines) is 1. The maximum Gasteiger partial charge on any atom is 0.273 e. The van der Waals surface area contributed by atoms with Gasteiger partial charge in [0.05, 0.1) is 0 Å². The van der Waals surface area contributed by atoms with Crippen LogP contribution in [-0.4, -0.2) is 43.5 Å². The van der Waals surface area contributed by atoms with Crippen LogP contribution in [0.1, 0.15) is 60.4 Å². The highest BCUT2D eigenvalue weighted by atomic mass is 32.1. The van der Waals surface area contributed by atoms with E-state index in [0.29, 0.717) is 30.6 Å². The second kappa shape index (κ2) is 8.23. The van der Waals surface area contributed by atoms with E-state index < -0.39 is 0 Å². The fourth-order valence-electron chi connectivity index (χ4n) is 4.16. The molecule has 0 unspecified atom stereocenters. The number of benzene rings is 1. The van der Waals surface area contributed by atoms with Gasteiger partial charge in [0.25, 0.3) is 5.91 Å². The van der Waals surface area contributed by atoms with E-state index >= 15 is 0 Å². The second-order valence-corrected chi connectivity index (χ2v) is 9.23. The Labute approximate surface area is 185 Å². The first-order chi connectivity index (χ1) is 15.1. The summed E-state index contributed by atoms with van der Waals surface area (Å²) in [6.45, 7) is 5.79. The molecule has 1 aliphatic heterocycles. The molecular formula is C24H25N5OS. The Morgan fingerprint density at radius 2 is 1.84 bits per heavy atom. The van der Waals surface area contributed by atoms with Crippen LogP contribution in [0, 0.1) is 0 Å². The Balaban J connectivity index is 1.26. The van der Waals surface area contributed by atoms with Crippen molar-refractivity contribution in [2.24, 2.45) is 0 Å². The van der Waals surface area contributed by atoms with Crippen molar-refractivity contribution in [3.8, 4) is 10.6 Å². The van der Waals surface area contributed by atoms with Crippen LogP contribution in [0.2, 0.25) is 0 Å². The van der Waals surface area contributed by atoms with E-state index in [4.69, 9.17) is 0 Å². The lowest BCUT2D eigenvalue weighted by Gasteiger charge is -2.30. The summed E-state index contributed by atoms with van der Waals surface area (Å²) >= 11 is 1.53. The van der Waals surface area contributed by atoms with E-state index in [0.717, 1.165) is 34.9 Å². The Bertz CT molecular complexity index is 1200. The highest BCUT2D eigenvalue weighted by Crippen LogP contribution is 2.29. The smallest absolute Gasteiger partial charge is 0.273 e. The first-order valence-corrected chi connectivity index (χ1v) is 11.6. The van der Waals surface area contributed by atoms with Gasteiger partial charge in [0.1, 0.15) is 16.5 Å². The molecule has 3 aromatic heterocycles. The number of amides is 1. The molecule has 4 aromatic rings. The third-order valence-corrected chi connectivity index (χ3v) is 6.93. The van der Waals surface area contributed by atoms with Crippen molar-refractivity contribution in [1.82, 2.24) is 24.5 Å². The predicted octanol–water partition coefficient (Wildman–Crippen LogP) is 5.00. The monoisotopic (exact) mass is 431 g/mol. The molecule has 0 saturated carbocycles. The van der Waals surface area contributed by atoms with Crippen LogP contribution < -0.4 is 0 Å². The van der Waals surface area contributed by atoms with E-state index in [1.54, 1.807) is 0 Å². The van der Waals surface area contributed by atoms with Crippen LogP contribution >= 0.6 is 11.3 Å². The summed E-state index contributed by atoms with van der Waals surface area (Å²) in [5.74, 6) is 1.82. The van der Waals surface area contributed by atoms with Gasteiger partial charge in [-0.25, -0.2) is 4.98 Å². The summed E-state index contributed by atoms with van der Waals surface area (Å²) in [7, 11) is 0. The molecule has 1 aromatic carbocycles. The SMILES string of the molecule is CC(C)c1ccc(-c2nc(C(=O)N3CCC(c4nnc5ccccn45)CC3)cs2)cc1. The second-order valence-electron chi connectivity index (χ2n) is 8.37. The van der Waals surface area contributed by atoms with Crippen molar-refractivity contribution in [3.63, 3.8) is 0 Å². The molecule has 1 fully saturated rings. The largest absolute Gasteiger partial charge is 0.337 e. The summed E-state index contributed by atoms with van der Waals surface area (Å²) in [4.78, 5) is 19.6. The number of aromatic nitrogens is 4. The third kappa shape index (κ3) is 3.85. The van der Waals surface area contributed by atoms with Crippen LogP contribution in [-0.2, 0) is 0 Å². The number of hydrogen-bond donors (Lipinski definition) is 0. The fourth-order valence-corrected chi connectivity index (χ4v) is 4.96. The zero-order valence-electron chi connectivity index (χ0n) is 17.7. The van der Waals surface area contributed by atoms with Crippen molar-refractivity contribution < 1.29 is 4.79 Å². The molecule has 6 nitrogen and oxygen atoms in total. The van der Waals surface area contributed by atoms with Crippen LogP contribution in [0.15, 0.2) is 54.0 Å². The van der Waals surface area contributed by atoms with Gasteiger partial charge in [0.2, 0.25) is 0 Å². The van der Waals surface area contributed by atoms with E-state index in [-0.39, 0.29) is 5.91 Å². The predicted molar refractivity (Wildman–Crippen MR) is 123 cm³/mol. The summed E-state index contributed by atoms with van der Waals surface area (Å²) in [6, 6.07) is 14.4. The number of piperidine rings is 1. The zero-order chi connectivity index (χ0) is 21.4. The van der Waals surface area contributed by atoms with E-state index in [1.807, 2.05) is 34.7 Å². The highest BCUT2D eigenvalue weighted by molar-refractivity contribution is 7.13. The minimum Gasteiger partial charge on any atom is -0.337 e. The number of thiazole rings is 1. The number of pyridine rings is 1. The number of hydrogen-bond acceptors (Lipinski definition) is 5. The number of carbonyl (C=O) groups excluding carboxylic acids is 1. The van der Waals surface area contributed by atoms with Gasteiger partial charge in [-0.1, -0.05) is 44.2 Å². The average Bonchev–Trinajstić information content (AvgIpc) is 3.47. The molecule has 7 heteroatoms. The number of fused-ring (bicyclic) bond motifs is 1. The molecule has 0 radical (unpaired) electrons. The molecule has 1 amide bonds. The first kappa shape index (κ1) is 19.9. The van der Waals surface area contributed by atoms with E-state index in [2.05, 4.69) is 57.7 Å². The number of rotatable bonds is 4. The molecule has 0 bridgehead atoms. The number of nitrogens with zero attached hydrogens (tertiary/aromatic N) is 5. The Kier molecular flexibility index (Phi) is 5.28. The summed E-state index contributed by atoms with van der Waals surface area (Å²) < 4.78 is 2.05. The van der Waals surface area contributed by atoms with Gasteiger partial charge in [-0.15, -0.1) is 21.5 Å². The first-order valence-electron chi connectivity index (χ1n) is 10.7. The van der Waals surface area contributed by atoms with E-state index in [9.17, 15) is 4.79 Å². The van der Waals surface area contributed by atoms with Gasteiger partial charge in [-0.2, -0.15) is 0 Å². The lowest BCUT2D eigenvalue weighted by molar-refractivity contribution is 0.0706. The van der Waals surface area contributed by atoms with Crippen LogP contribution in [0.3, 0.4) is 0 Å². The Hall–Kier alpha value is -3.06. The minimum absolute atomic E-state index is 0.0193. The summed E-state index contributed by atoms with van der Waals surface area (Å²) in [5.41, 5.74) is 3.78. The highest BCUT2D eigenvalue weighted by Gasteiger charge is 2.28. The van der Waals surface area contributed by atoms with Gasteiger partial charge in [0.15, 0.2) is 5.65 Å². The molecular weight excluding hydrogens is 406 g/mol. The molecule has 31 heavy (non-hydrogen) atoms. The molecule has 0 spiro atoms. The minimum atomic E-state index is 0.0193. The lowest BCUT2D eigenvalue weighted by Crippen LogP contribution is -2.38. The average molecular weight is 432 g/mol. The molecule has 158 valence electrons. The zero-order valence-corrected chi connectivity index (χ0v) is 18.5. The molecule has 1 aliphatic rings. The maximum absolute atomic E-state index is 13.0. The van der Waals surface area contributed by atoms with Crippen LogP contribution in [0.5, 0.6) is 0 Å². The fraction of sp³-hybridized carbons (Fsp3) is 0.333. The van der Waals surface area contributed by atoms with Crippen molar-refractivity contribution in [1.29, 1.82) is 0 Å². The number of carbonyl (C=O) groups is 1. The van der Waals surface area contributed by atoms with Gasteiger partial charge < -0.3 is 4.90 Å². The summed E-state index contributed by atoms with van der Waals surface area (Å²) in [6.07, 6.45) is 3.77. The Morgan fingerprint density at radius 1 is 1.06 bits per heavy atom. The topological polar surface area (TPSA) is 63.4 Å². The summed E-state index contributed by atoms with van der Waals surface area (Å²) in [5, 5.41) is 11.4. The van der Waals surface area contributed by atoms with Crippen molar-refractivity contribution in [2.75, 3.05) is 13.1 Å². The molecule has 5 rings (SSSR count). The van der Waals surface area contributed by atoms with Gasteiger partial charge in [-0.3, -0.25) is 9.20 Å². The molecule has 0 N–H and O–H groups in total. The van der Waals surface area contributed by atoms with Crippen molar-refractivity contribution >= 4 is 22.9 Å². The molecule has 4 heterocycles. The van der Waals surface area contributed by atoms with Gasteiger partial charge in [-0.05, 0) is 36.5 Å². The quantitative estimate of drug-likeness (QED) is 0.456. The Morgan fingerprint density at radius 3 is 2.58 bits per heavy atom. The third-order valence-electron chi connectivity index (χ3n) is 6.04. The van der Waals surface area contributed by atoms with Gasteiger partial charge >= 0.3 is 0 Å². The van der Waals surface area contributed by atoms with Crippen molar-refractivity contribution in [2.45, 2.75) is 38.5 Å².